The van der Waals surface area contributed by atoms with Crippen LogP contribution in [-0.2, 0) is 14.3 Å². The lowest BCUT2D eigenvalue weighted by molar-refractivity contribution is -0.133. The molecule has 0 aromatic carbocycles. The van der Waals surface area contributed by atoms with Gasteiger partial charge >= 0.3 is 0 Å². The summed E-state index contributed by atoms with van der Waals surface area (Å²) in [5.74, 6) is -0.227. The molecule has 7 heteroatoms. The standard InChI is InChI=1S/C12H21N3O3.ClH/c1-8-10(13-6-7-18-8)12(17)15-9-4-2-3-5-14-11(9)16;/h8-10,13H,2-7H2,1H3,(H,14,16)(H,15,17);1H/t8-,9?,10+;/m1./s1. The van der Waals surface area contributed by atoms with E-state index in [1.165, 1.54) is 0 Å². The maximum atomic E-state index is 12.1. The van der Waals surface area contributed by atoms with E-state index >= 15 is 0 Å². The van der Waals surface area contributed by atoms with Gasteiger partial charge in [-0.15, -0.1) is 12.4 Å². The maximum Gasteiger partial charge on any atom is 0.242 e. The molecule has 2 rings (SSSR count). The molecule has 0 saturated carbocycles. The normalized spacial score (nSPS) is 31.6. The lowest BCUT2D eigenvalue weighted by atomic mass is 10.1. The second-order valence-electron chi connectivity index (χ2n) is 4.86. The minimum atomic E-state index is -0.407. The Labute approximate surface area is 119 Å². The van der Waals surface area contributed by atoms with Gasteiger partial charge in [0.2, 0.25) is 11.8 Å². The van der Waals surface area contributed by atoms with Crippen molar-refractivity contribution < 1.29 is 14.3 Å². The minimum Gasteiger partial charge on any atom is -0.375 e. The van der Waals surface area contributed by atoms with Crippen LogP contribution < -0.4 is 16.0 Å². The molecule has 19 heavy (non-hydrogen) atoms. The summed E-state index contributed by atoms with van der Waals surface area (Å²) >= 11 is 0. The molecular weight excluding hydrogens is 270 g/mol. The highest BCUT2D eigenvalue weighted by molar-refractivity contribution is 5.90. The van der Waals surface area contributed by atoms with Crippen molar-refractivity contribution in [3.63, 3.8) is 0 Å². The van der Waals surface area contributed by atoms with Gasteiger partial charge < -0.3 is 20.7 Å². The molecule has 2 aliphatic heterocycles. The first-order chi connectivity index (χ1) is 8.68. The van der Waals surface area contributed by atoms with E-state index in [0.29, 0.717) is 26.1 Å². The fraction of sp³-hybridized carbons (Fsp3) is 0.833. The molecule has 0 aromatic rings. The van der Waals surface area contributed by atoms with Crippen molar-refractivity contribution in [2.24, 2.45) is 0 Å². The van der Waals surface area contributed by atoms with E-state index in [4.69, 9.17) is 4.74 Å². The monoisotopic (exact) mass is 291 g/mol. The molecule has 2 amide bonds. The molecule has 0 aromatic heterocycles. The van der Waals surface area contributed by atoms with Crippen LogP contribution in [0.15, 0.2) is 0 Å². The van der Waals surface area contributed by atoms with Crippen molar-refractivity contribution in [1.82, 2.24) is 16.0 Å². The SMILES string of the molecule is C[C@H]1OCCN[C@@H]1C(=O)NC1CCCCNC1=O.Cl. The number of carbonyl (C=O) groups excluding carboxylic acids is 2. The van der Waals surface area contributed by atoms with Gasteiger partial charge in [-0.25, -0.2) is 0 Å². The highest BCUT2D eigenvalue weighted by Crippen LogP contribution is 2.08. The second kappa shape index (κ2) is 7.67. The third kappa shape index (κ3) is 4.33. The topological polar surface area (TPSA) is 79.5 Å². The van der Waals surface area contributed by atoms with Crippen LogP contribution in [0, 0.1) is 0 Å². The van der Waals surface area contributed by atoms with Crippen LogP contribution in [0.5, 0.6) is 0 Å². The van der Waals surface area contributed by atoms with Crippen molar-refractivity contribution >= 4 is 24.2 Å². The molecule has 3 N–H and O–H groups in total. The zero-order chi connectivity index (χ0) is 13.0. The van der Waals surface area contributed by atoms with E-state index in [9.17, 15) is 9.59 Å². The van der Waals surface area contributed by atoms with Crippen LogP contribution in [-0.4, -0.2) is 49.7 Å². The maximum absolute atomic E-state index is 12.1. The molecule has 2 aliphatic rings. The lowest BCUT2D eigenvalue weighted by Crippen LogP contribution is -2.58. The first-order valence-corrected chi connectivity index (χ1v) is 6.61. The van der Waals surface area contributed by atoms with E-state index in [1.54, 1.807) is 0 Å². The molecule has 3 atom stereocenters. The van der Waals surface area contributed by atoms with Crippen molar-refractivity contribution in [2.45, 2.75) is 44.4 Å². The van der Waals surface area contributed by atoms with Gasteiger partial charge in [0.15, 0.2) is 0 Å². The van der Waals surface area contributed by atoms with Gasteiger partial charge in [0.1, 0.15) is 12.1 Å². The number of hydrogen-bond acceptors (Lipinski definition) is 4. The first kappa shape index (κ1) is 16.2. The Hall–Kier alpha value is -0.850. The van der Waals surface area contributed by atoms with Gasteiger partial charge in [-0.05, 0) is 26.2 Å². The molecule has 0 spiro atoms. The Bertz CT molecular complexity index is 327. The third-order valence-corrected chi connectivity index (χ3v) is 3.45. The van der Waals surface area contributed by atoms with Gasteiger partial charge in [0.05, 0.1) is 12.7 Å². The van der Waals surface area contributed by atoms with Crippen LogP contribution >= 0.6 is 12.4 Å². The molecule has 2 fully saturated rings. The average molecular weight is 292 g/mol. The van der Waals surface area contributed by atoms with Crippen molar-refractivity contribution in [1.29, 1.82) is 0 Å². The average Bonchev–Trinajstić information content (AvgIpc) is 2.55. The van der Waals surface area contributed by atoms with E-state index in [2.05, 4.69) is 16.0 Å². The molecule has 2 saturated heterocycles. The summed E-state index contributed by atoms with van der Waals surface area (Å²) in [6.45, 7) is 3.85. The first-order valence-electron chi connectivity index (χ1n) is 6.61. The Morgan fingerprint density at radius 3 is 2.89 bits per heavy atom. The number of halogens is 1. The molecule has 0 radical (unpaired) electrons. The molecule has 0 aliphatic carbocycles. The van der Waals surface area contributed by atoms with Gasteiger partial charge in [0.25, 0.3) is 0 Å². The van der Waals surface area contributed by atoms with Gasteiger partial charge in [-0.3, -0.25) is 9.59 Å². The summed E-state index contributed by atoms with van der Waals surface area (Å²) in [5.41, 5.74) is 0. The van der Waals surface area contributed by atoms with Gasteiger partial charge in [-0.2, -0.15) is 0 Å². The molecular formula is C12H22ClN3O3. The number of amides is 2. The molecule has 0 bridgehead atoms. The number of rotatable bonds is 2. The highest BCUT2D eigenvalue weighted by Gasteiger charge is 2.31. The zero-order valence-corrected chi connectivity index (χ0v) is 11.9. The van der Waals surface area contributed by atoms with E-state index in [0.717, 1.165) is 12.8 Å². The zero-order valence-electron chi connectivity index (χ0n) is 11.1. The van der Waals surface area contributed by atoms with Crippen molar-refractivity contribution in [3.8, 4) is 0 Å². The Morgan fingerprint density at radius 1 is 1.37 bits per heavy atom. The number of hydrogen-bond donors (Lipinski definition) is 3. The Morgan fingerprint density at radius 2 is 2.16 bits per heavy atom. The highest BCUT2D eigenvalue weighted by atomic mass is 35.5. The fourth-order valence-corrected chi connectivity index (χ4v) is 2.37. The van der Waals surface area contributed by atoms with Crippen LogP contribution in [0.3, 0.4) is 0 Å². The Balaban J connectivity index is 0.00000180. The van der Waals surface area contributed by atoms with Gasteiger partial charge in [0, 0.05) is 13.1 Å². The molecule has 6 nitrogen and oxygen atoms in total. The molecule has 1 unspecified atom stereocenters. The summed E-state index contributed by atoms with van der Waals surface area (Å²) in [7, 11) is 0. The van der Waals surface area contributed by atoms with Crippen molar-refractivity contribution in [2.75, 3.05) is 19.7 Å². The molecule has 110 valence electrons. The van der Waals surface area contributed by atoms with Crippen LogP contribution in [0.2, 0.25) is 0 Å². The summed E-state index contributed by atoms with van der Waals surface area (Å²) in [6.07, 6.45) is 2.47. The second-order valence-corrected chi connectivity index (χ2v) is 4.86. The predicted molar refractivity (Wildman–Crippen MR) is 73.2 cm³/mol. The largest absolute Gasteiger partial charge is 0.375 e. The van der Waals surface area contributed by atoms with Gasteiger partial charge in [-0.1, -0.05) is 0 Å². The number of morpholine rings is 1. The fourth-order valence-electron chi connectivity index (χ4n) is 2.37. The minimum absolute atomic E-state index is 0. The summed E-state index contributed by atoms with van der Waals surface area (Å²) in [4.78, 5) is 23.8. The number of nitrogens with one attached hydrogen (secondary N) is 3. The van der Waals surface area contributed by atoms with Crippen LogP contribution in [0.4, 0.5) is 0 Å². The quantitative estimate of drug-likeness (QED) is 0.645. The smallest absolute Gasteiger partial charge is 0.242 e. The predicted octanol–water partition coefficient (Wildman–Crippen LogP) is -0.430. The number of carbonyl (C=O) groups is 2. The van der Waals surface area contributed by atoms with Crippen molar-refractivity contribution in [3.05, 3.63) is 0 Å². The van der Waals surface area contributed by atoms with Crippen LogP contribution in [0.25, 0.3) is 0 Å². The summed E-state index contributed by atoms with van der Waals surface area (Å²) < 4.78 is 5.43. The Kier molecular flexibility index (Phi) is 6.54. The van der Waals surface area contributed by atoms with E-state index in [1.807, 2.05) is 6.92 Å². The third-order valence-electron chi connectivity index (χ3n) is 3.45. The summed E-state index contributed by atoms with van der Waals surface area (Å²) in [6, 6.07) is -0.772. The van der Waals surface area contributed by atoms with E-state index in [-0.39, 0.29) is 36.4 Å². The summed E-state index contributed by atoms with van der Waals surface area (Å²) in [5, 5.41) is 8.74. The van der Waals surface area contributed by atoms with E-state index < -0.39 is 6.04 Å². The molecule has 2 heterocycles. The van der Waals surface area contributed by atoms with Crippen LogP contribution in [0.1, 0.15) is 26.2 Å². The lowest BCUT2D eigenvalue weighted by Gasteiger charge is -2.30. The number of ether oxygens (including phenoxy) is 1.